The fraction of sp³-hybridized carbons (Fsp3) is 0.154. The second-order valence-corrected chi connectivity index (χ2v) is 4.72. The third-order valence-corrected chi connectivity index (χ3v) is 3.49. The highest BCUT2D eigenvalue weighted by molar-refractivity contribution is 9.10. The van der Waals surface area contributed by atoms with Crippen molar-refractivity contribution in [3.05, 3.63) is 63.9 Å². The minimum absolute atomic E-state index is 0.327. The van der Waals surface area contributed by atoms with Crippen LogP contribution in [-0.4, -0.2) is 4.98 Å². The smallest absolute Gasteiger partial charge is 0.141 e. The summed E-state index contributed by atoms with van der Waals surface area (Å²) in [5.41, 5.74) is 7.30. The van der Waals surface area contributed by atoms with E-state index in [2.05, 4.69) is 20.9 Å². The molecule has 1 atom stereocenters. The van der Waals surface area contributed by atoms with E-state index in [0.717, 1.165) is 11.8 Å². The molecule has 0 amide bonds. The first-order valence-electron chi connectivity index (χ1n) is 5.38. The molecular weight excluding hydrogens is 302 g/mol. The monoisotopic (exact) mass is 312 g/mol. The second kappa shape index (κ2) is 5.54. The molecule has 2 aromatic rings. The molecule has 1 heterocycles. The minimum Gasteiger partial charge on any atom is -0.322 e. The first kappa shape index (κ1) is 13.1. The summed E-state index contributed by atoms with van der Waals surface area (Å²) in [5.74, 6) is -0.732. The van der Waals surface area contributed by atoms with E-state index in [1.165, 1.54) is 18.2 Å². The van der Waals surface area contributed by atoms with Crippen LogP contribution in [0.15, 0.2) is 41.0 Å². The molecule has 2 rings (SSSR count). The van der Waals surface area contributed by atoms with Gasteiger partial charge in [-0.15, -0.1) is 0 Å². The zero-order valence-corrected chi connectivity index (χ0v) is 11.0. The Morgan fingerprint density at radius 2 is 2.00 bits per heavy atom. The van der Waals surface area contributed by atoms with Crippen LogP contribution >= 0.6 is 15.9 Å². The number of pyridine rings is 1. The Morgan fingerprint density at radius 3 is 2.67 bits per heavy atom. The molecular formula is C13H11BrF2N2. The van der Waals surface area contributed by atoms with E-state index in [1.807, 2.05) is 0 Å². The fourth-order valence-electron chi connectivity index (χ4n) is 1.65. The van der Waals surface area contributed by atoms with Gasteiger partial charge in [-0.05, 0) is 46.1 Å². The summed E-state index contributed by atoms with van der Waals surface area (Å²) in [4.78, 5) is 3.92. The second-order valence-electron chi connectivity index (χ2n) is 3.92. The molecule has 0 spiro atoms. The maximum atomic E-state index is 13.3. The number of nitrogens with two attached hydrogens (primary N) is 1. The molecule has 2 nitrogen and oxygen atoms in total. The normalized spacial score (nSPS) is 12.4. The van der Waals surface area contributed by atoms with Crippen molar-refractivity contribution in [2.75, 3.05) is 0 Å². The Morgan fingerprint density at radius 1 is 1.22 bits per heavy atom. The van der Waals surface area contributed by atoms with Crippen molar-refractivity contribution in [3.8, 4) is 0 Å². The molecule has 0 saturated heterocycles. The summed E-state index contributed by atoms with van der Waals surface area (Å²) in [5, 5.41) is 0. The Bertz CT molecular complexity index is 543. The van der Waals surface area contributed by atoms with Crippen molar-refractivity contribution in [1.29, 1.82) is 0 Å². The van der Waals surface area contributed by atoms with Crippen LogP contribution in [0.3, 0.4) is 0 Å². The topological polar surface area (TPSA) is 38.9 Å². The van der Waals surface area contributed by atoms with Gasteiger partial charge in [0.1, 0.15) is 11.6 Å². The molecule has 0 aliphatic carbocycles. The molecule has 1 aromatic heterocycles. The maximum Gasteiger partial charge on any atom is 0.141 e. The van der Waals surface area contributed by atoms with Crippen molar-refractivity contribution in [2.24, 2.45) is 5.73 Å². The molecule has 18 heavy (non-hydrogen) atoms. The van der Waals surface area contributed by atoms with Gasteiger partial charge in [0.05, 0.1) is 22.4 Å². The minimum atomic E-state index is -0.405. The highest BCUT2D eigenvalue weighted by Crippen LogP contribution is 2.24. The van der Waals surface area contributed by atoms with Gasteiger partial charge in [-0.2, -0.15) is 0 Å². The molecule has 1 aromatic carbocycles. The molecule has 0 fully saturated rings. The lowest BCUT2D eigenvalue weighted by atomic mass is 10.0. The first-order valence-corrected chi connectivity index (χ1v) is 6.17. The van der Waals surface area contributed by atoms with E-state index < -0.39 is 11.9 Å². The number of halogens is 3. The molecule has 0 bridgehead atoms. The van der Waals surface area contributed by atoms with E-state index in [-0.39, 0.29) is 5.82 Å². The fourth-order valence-corrected chi connectivity index (χ4v) is 2.08. The van der Waals surface area contributed by atoms with Gasteiger partial charge in [0, 0.05) is 0 Å². The van der Waals surface area contributed by atoms with Crippen LogP contribution in [0.1, 0.15) is 17.3 Å². The van der Waals surface area contributed by atoms with Gasteiger partial charge in [-0.25, -0.2) is 8.78 Å². The van der Waals surface area contributed by atoms with Crippen LogP contribution in [-0.2, 0) is 6.42 Å². The van der Waals surface area contributed by atoms with E-state index >= 15 is 0 Å². The average Bonchev–Trinajstić information content (AvgIpc) is 2.36. The summed E-state index contributed by atoms with van der Waals surface area (Å²) in [6, 6.07) is 7.23. The van der Waals surface area contributed by atoms with Gasteiger partial charge in [-0.3, -0.25) is 4.98 Å². The van der Waals surface area contributed by atoms with E-state index in [9.17, 15) is 8.78 Å². The van der Waals surface area contributed by atoms with Gasteiger partial charge in [0.15, 0.2) is 0 Å². The van der Waals surface area contributed by atoms with Crippen molar-refractivity contribution in [1.82, 2.24) is 4.98 Å². The molecule has 0 aliphatic heterocycles. The van der Waals surface area contributed by atoms with Crippen LogP contribution < -0.4 is 5.73 Å². The van der Waals surface area contributed by atoms with Crippen molar-refractivity contribution >= 4 is 15.9 Å². The zero-order chi connectivity index (χ0) is 13.1. The number of aromatic nitrogens is 1. The van der Waals surface area contributed by atoms with Crippen molar-refractivity contribution in [2.45, 2.75) is 12.5 Å². The van der Waals surface area contributed by atoms with Gasteiger partial charge in [0.2, 0.25) is 0 Å². The Labute approximate surface area is 112 Å². The standard InChI is InChI=1S/C13H11BrF2N2/c14-13-8(2-1-3-10(13)16)6-11(17)12-5-4-9(15)7-18-12/h1-5,7,11H,6,17H2. The van der Waals surface area contributed by atoms with Crippen LogP contribution in [0.4, 0.5) is 8.78 Å². The van der Waals surface area contributed by atoms with E-state index in [4.69, 9.17) is 5.73 Å². The number of rotatable bonds is 3. The summed E-state index contributed by atoms with van der Waals surface area (Å²) < 4.78 is 26.5. The maximum absolute atomic E-state index is 13.3. The molecule has 0 saturated carbocycles. The largest absolute Gasteiger partial charge is 0.322 e. The SMILES string of the molecule is NC(Cc1cccc(F)c1Br)c1ccc(F)cn1. The molecule has 0 radical (unpaired) electrons. The predicted molar refractivity (Wildman–Crippen MR) is 68.9 cm³/mol. The summed E-state index contributed by atoms with van der Waals surface area (Å²) in [7, 11) is 0. The average molecular weight is 313 g/mol. The lowest BCUT2D eigenvalue weighted by Gasteiger charge is -2.12. The number of hydrogen-bond acceptors (Lipinski definition) is 2. The van der Waals surface area contributed by atoms with Crippen LogP contribution in [0.5, 0.6) is 0 Å². The van der Waals surface area contributed by atoms with Gasteiger partial charge >= 0.3 is 0 Å². The Kier molecular flexibility index (Phi) is 4.04. The van der Waals surface area contributed by atoms with Crippen LogP contribution in [0.25, 0.3) is 0 Å². The van der Waals surface area contributed by atoms with Crippen molar-refractivity contribution < 1.29 is 8.78 Å². The quantitative estimate of drug-likeness (QED) is 0.943. The van der Waals surface area contributed by atoms with Crippen LogP contribution in [0, 0.1) is 11.6 Å². The molecule has 0 aliphatic rings. The molecule has 1 unspecified atom stereocenters. The highest BCUT2D eigenvalue weighted by Gasteiger charge is 2.12. The zero-order valence-electron chi connectivity index (χ0n) is 9.41. The number of hydrogen-bond donors (Lipinski definition) is 1. The molecule has 94 valence electrons. The number of nitrogens with zero attached hydrogens (tertiary/aromatic N) is 1. The van der Waals surface area contributed by atoms with Gasteiger partial charge < -0.3 is 5.73 Å². The first-order chi connectivity index (χ1) is 8.58. The summed E-state index contributed by atoms with van der Waals surface area (Å²) in [6.07, 6.45) is 1.55. The van der Waals surface area contributed by atoms with E-state index in [0.29, 0.717) is 16.6 Å². The van der Waals surface area contributed by atoms with E-state index in [1.54, 1.807) is 12.1 Å². The molecule has 5 heteroatoms. The third-order valence-electron chi connectivity index (χ3n) is 2.60. The number of benzene rings is 1. The van der Waals surface area contributed by atoms with Crippen LogP contribution in [0.2, 0.25) is 0 Å². The Hall–Kier alpha value is -1.33. The highest BCUT2D eigenvalue weighted by atomic mass is 79.9. The lowest BCUT2D eigenvalue weighted by molar-refractivity contribution is 0.606. The van der Waals surface area contributed by atoms with Gasteiger partial charge in [0.25, 0.3) is 0 Å². The molecule has 2 N–H and O–H groups in total. The lowest BCUT2D eigenvalue weighted by Crippen LogP contribution is -2.15. The summed E-state index contributed by atoms with van der Waals surface area (Å²) >= 11 is 3.18. The van der Waals surface area contributed by atoms with Gasteiger partial charge in [-0.1, -0.05) is 12.1 Å². The van der Waals surface area contributed by atoms with Crippen molar-refractivity contribution in [3.63, 3.8) is 0 Å². The third kappa shape index (κ3) is 2.91. The summed E-state index contributed by atoms with van der Waals surface area (Å²) in [6.45, 7) is 0. The Balaban J connectivity index is 2.18. The predicted octanol–water partition coefficient (Wildman–Crippen LogP) is 3.36.